The molecular weight excluding hydrogens is 374 g/mol. The van der Waals surface area contributed by atoms with E-state index in [4.69, 9.17) is 15.2 Å². The van der Waals surface area contributed by atoms with E-state index < -0.39 is 0 Å². The maximum atomic E-state index is 9.85. The van der Waals surface area contributed by atoms with E-state index in [9.17, 15) is 5.11 Å². The van der Waals surface area contributed by atoms with Crippen molar-refractivity contribution in [3.63, 3.8) is 0 Å². The molecule has 1 heterocycles. The molecule has 4 rings (SSSR count). The van der Waals surface area contributed by atoms with Crippen LogP contribution < -0.4 is 15.2 Å². The first-order valence-corrected chi connectivity index (χ1v) is 9.02. The maximum absolute atomic E-state index is 9.85. The summed E-state index contributed by atoms with van der Waals surface area (Å²) in [5.74, 6) is 1.93. The first kappa shape index (κ1) is 19.9. The number of rotatable bonds is 3. The van der Waals surface area contributed by atoms with Crippen molar-refractivity contribution in [3.05, 3.63) is 82.9 Å². The van der Waals surface area contributed by atoms with Crippen molar-refractivity contribution < 1.29 is 14.6 Å². The monoisotopic (exact) mass is 397 g/mol. The van der Waals surface area contributed by atoms with Crippen molar-refractivity contribution in [3.8, 4) is 17.2 Å². The first-order chi connectivity index (χ1) is 13.1. The van der Waals surface area contributed by atoms with Gasteiger partial charge < -0.3 is 20.3 Å². The Hall–Kier alpha value is -2.85. The number of aromatic hydroxyl groups is 1. The second-order valence-corrected chi connectivity index (χ2v) is 7.03. The maximum Gasteiger partial charge on any atom is 0.138 e. The number of ether oxygens (including phenoxy) is 2. The van der Waals surface area contributed by atoms with E-state index in [1.807, 2.05) is 24.3 Å². The third kappa shape index (κ3) is 3.60. The van der Waals surface area contributed by atoms with Gasteiger partial charge in [0.2, 0.25) is 0 Å². The summed E-state index contributed by atoms with van der Waals surface area (Å²) in [6.45, 7) is 2.65. The number of nitrogen functional groups attached to an aromatic ring is 1. The van der Waals surface area contributed by atoms with Gasteiger partial charge in [0, 0.05) is 23.5 Å². The van der Waals surface area contributed by atoms with Crippen molar-refractivity contribution in [2.45, 2.75) is 18.8 Å². The molecule has 0 spiro atoms. The Morgan fingerprint density at radius 3 is 2.39 bits per heavy atom. The van der Waals surface area contributed by atoms with Crippen LogP contribution >= 0.6 is 12.4 Å². The molecule has 0 aromatic heterocycles. The quantitative estimate of drug-likeness (QED) is 0.481. The topological polar surface area (TPSA) is 64.7 Å². The van der Waals surface area contributed by atoms with Crippen molar-refractivity contribution in [2.75, 3.05) is 19.5 Å². The molecule has 3 aromatic carbocycles. The Balaban J connectivity index is 0.00000225. The second kappa shape index (κ2) is 8.03. The highest BCUT2D eigenvalue weighted by Crippen LogP contribution is 2.47. The Morgan fingerprint density at radius 1 is 1.00 bits per heavy atom. The molecule has 3 N–H and O–H groups in total. The third-order valence-corrected chi connectivity index (χ3v) is 5.29. The van der Waals surface area contributed by atoms with Crippen LogP contribution in [0.4, 0.5) is 5.69 Å². The zero-order valence-corrected chi connectivity index (χ0v) is 16.7. The molecule has 2 atom stereocenters. The van der Waals surface area contributed by atoms with Gasteiger partial charge in [-0.2, -0.15) is 0 Å². The number of nitrogens with two attached hydrogens (primary N) is 1. The molecule has 1 aliphatic rings. The molecule has 0 saturated carbocycles. The van der Waals surface area contributed by atoms with Crippen molar-refractivity contribution >= 4 is 18.1 Å². The molecule has 146 valence electrons. The largest absolute Gasteiger partial charge is 0.506 e. The Labute approximate surface area is 171 Å². The SMILES string of the molecule is COc1ccc2c(c1)OC[C@@H](c1ccc(C)cc1)[C@H]2c1ccc(O)c(N)c1.Cl. The van der Waals surface area contributed by atoms with E-state index in [2.05, 4.69) is 37.3 Å². The van der Waals surface area contributed by atoms with Crippen molar-refractivity contribution in [1.82, 2.24) is 0 Å². The Morgan fingerprint density at radius 2 is 1.71 bits per heavy atom. The molecule has 28 heavy (non-hydrogen) atoms. The van der Waals surface area contributed by atoms with E-state index >= 15 is 0 Å². The number of benzene rings is 3. The molecule has 4 nitrogen and oxygen atoms in total. The highest BCUT2D eigenvalue weighted by atomic mass is 35.5. The Bertz CT molecular complexity index is 972. The summed E-state index contributed by atoms with van der Waals surface area (Å²) in [7, 11) is 1.65. The number of anilines is 1. The van der Waals surface area contributed by atoms with Gasteiger partial charge in [0.1, 0.15) is 17.2 Å². The minimum Gasteiger partial charge on any atom is -0.506 e. The summed E-state index contributed by atoms with van der Waals surface area (Å²) in [6.07, 6.45) is 0. The number of fused-ring (bicyclic) bond motifs is 1. The second-order valence-electron chi connectivity index (χ2n) is 7.03. The smallest absolute Gasteiger partial charge is 0.138 e. The molecule has 3 aromatic rings. The van der Waals surface area contributed by atoms with Gasteiger partial charge in [-0.05, 0) is 36.2 Å². The standard InChI is InChI=1S/C23H23NO3.ClH/c1-14-3-5-15(6-4-14)19-13-27-22-12-17(26-2)8-9-18(22)23(19)16-7-10-21(25)20(24)11-16;/h3-12,19,23,25H,13,24H2,1-2H3;1H/t19-,23-;/m0./s1. The molecule has 1 aliphatic heterocycles. The fourth-order valence-corrected chi connectivity index (χ4v) is 3.80. The van der Waals surface area contributed by atoms with Gasteiger partial charge in [-0.3, -0.25) is 0 Å². The lowest BCUT2D eigenvalue weighted by molar-refractivity contribution is 0.247. The van der Waals surface area contributed by atoms with Crippen LogP contribution in [0.2, 0.25) is 0 Å². The zero-order valence-electron chi connectivity index (χ0n) is 15.9. The van der Waals surface area contributed by atoms with Gasteiger partial charge in [0.15, 0.2) is 0 Å². The van der Waals surface area contributed by atoms with Gasteiger partial charge in [-0.25, -0.2) is 0 Å². The van der Waals surface area contributed by atoms with E-state index in [-0.39, 0.29) is 30.0 Å². The summed E-state index contributed by atoms with van der Waals surface area (Å²) in [5.41, 5.74) is 11.0. The number of hydrogen-bond acceptors (Lipinski definition) is 4. The fourth-order valence-electron chi connectivity index (χ4n) is 3.80. The van der Waals surface area contributed by atoms with E-state index in [0.29, 0.717) is 12.3 Å². The first-order valence-electron chi connectivity index (χ1n) is 9.02. The normalized spacial score (nSPS) is 17.8. The van der Waals surface area contributed by atoms with Gasteiger partial charge in [0.05, 0.1) is 19.4 Å². The fraction of sp³-hybridized carbons (Fsp3) is 0.217. The lowest BCUT2D eigenvalue weighted by atomic mass is 9.75. The number of aryl methyl sites for hydroxylation is 1. The number of phenolic OH excluding ortho intramolecular Hbond substituents is 1. The lowest BCUT2D eigenvalue weighted by Gasteiger charge is -2.35. The van der Waals surface area contributed by atoms with Gasteiger partial charge >= 0.3 is 0 Å². The molecule has 5 heteroatoms. The number of halogens is 1. The summed E-state index contributed by atoms with van der Waals surface area (Å²) in [6, 6.07) is 20.0. The van der Waals surface area contributed by atoms with Crippen LogP contribution in [-0.4, -0.2) is 18.8 Å². The highest BCUT2D eigenvalue weighted by Gasteiger charge is 2.34. The molecule has 0 radical (unpaired) electrons. The van der Waals surface area contributed by atoms with Crippen LogP contribution in [-0.2, 0) is 0 Å². The van der Waals surface area contributed by atoms with Crippen LogP contribution in [0.3, 0.4) is 0 Å². The number of hydrogen-bond donors (Lipinski definition) is 2. The molecule has 0 amide bonds. The van der Waals surface area contributed by atoms with Crippen molar-refractivity contribution in [2.24, 2.45) is 0 Å². The summed E-state index contributed by atoms with van der Waals surface area (Å²) in [4.78, 5) is 0. The number of methoxy groups -OCH3 is 1. The minimum atomic E-state index is 0. The minimum absolute atomic E-state index is 0. The van der Waals surface area contributed by atoms with Crippen molar-refractivity contribution in [1.29, 1.82) is 0 Å². The summed E-state index contributed by atoms with van der Waals surface area (Å²) >= 11 is 0. The Kier molecular flexibility index (Phi) is 5.71. The zero-order chi connectivity index (χ0) is 19.0. The third-order valence-electron chi connectivity index (χ3n) is 5.29. The molecule has 0 bridgehead atoms. The van der Waals surface area contributed by atoms with E-state index in [1.165, 1.54) is 11.1 Å². The summed E-state index contributed by atoms with van der Waals surface area (Å²) < 4.78 is 11.5. The molecular formula is C23H24ClNO3. The molecule has 0 aliphatic carbocycles. The highest BCUT2D eigenvalue weighted by molar-refractivity contribution is 5.85. The predicted molar refractivity (Wildman–Crippen MR) is 114 cm³/mol. The van der Waals surface area contributed by atoms with Crippen LogP contribution in [0, 0.1) is 6.92 Å². The van der Waals surface area contributed by atoms with E-state index in [1.54, 1.807) is 13.2 Å². The lowest BCUT2D eigenvalue weighted by Crippen LogP contribution is -2.25. The number of phenols is 1. The van der Waals surface area contributed by atoms with Crippen LogP contribution in [0.25, 0.3) is 0 Å². The van der Waals surface area contributed by atoms with Gasteiger partial charge in [-0.1, -0.05) is 42.0 Å². The average Bonchev–Trinajstić information content (AvgIpc) is 2.69. The van der Waals surface area contributed by atoms with Gasteiger partial charge in [0.25, 0.3) is 0 Å². The van der Waals surface area contributed by atoms with Gasteiger partial charge in [-0.15, -0.1) is 12.4 Å². The summed E-state index contributed by atoms with van der Waals surface area (Å²) in [5, 5.41) is 9.85. The van der Waals surface area contributed by atoms with Crippen LogP contribution in [0.5, 0.6) is 17.2 Å². The van der Waals surface area contributed by atoms with E-state index in [0.717, 1.165) is 22.6 Å². The van der Waals surface area contributed by atoms with Crippen LogP contribution in [0.15, 0.2) is 60.7 Å². The van der Waals surface area contributed by atoms with Crippen LogP contribution in [0.1, 0.15) is 34.1 Å². The molecule has 0 saturated heterocycles. The molecule has 0 unspecified atom stereocenters. The average molecular weight is 398 g/mol. The predicted octanol–water partition coefficient (Wildman–Crippen LogP) is 5.02. The molecule has 0 fully saturated rings.